The smallest absolute Gasteiger partial charge is 0.344 e. The molecule has 0 aliphatic carbocycles. The zero-order chi connectivity index (χ0) is 24.3. The molecule has 0 N–H and O–H groups in total. The van der Waals surface area contributed by atoms with Gasteiger partial charge in [0.1, 0.15) is 0 Å². The van der Waals surface area contributed by atoms with E-state index < -0.39 is 23.0 Å². The molecule has 0 aromatic heterocycles. The Morgan fingerprint density at radius 1 is 0.706 bits per heavy atom. The molecule has 0 bridgehead atoms. The van der Waals surface area contributed by atoms with Crippen molar-refractivity contribution in [2.75, 3.05) is 24.0 Å². The minimum absolute atomic E-state index is 0.147. The lowest BCUT2D eigenvalue weighted by Crippen LogP contribution is -2.59. The normalized spacial score (nSPS) is 24.0. The van der Waals surface area contributed by atoms with Gasteiger partial charge in [0.25, 0.3) is 0 Å². The highest BCUT2D eigenvalue weighted by molar-refractivity contribution is 7.98. The monoisotopic (exact) mass is 536 g/mol. The third-order valence-electron chi connectivity index (χ3n) is 5.84. The van der Waals surface area contributed by atoms with Crippen molar-refractivity contribution in [3.8, 4) is 0 Å². The lowest BCUT2D eigenvalue weighted by Gasteiger charge is -2.35. The molecule has 2 aliphatic rings. The van der Waals surface area contributed by atoms with Crippen LogP contribution < -0.4 is 0 Å². The topological polar surface area (TPSA) is 77.3 Å². The van der Waals surface area contributed by atoms with E-state index in [0.29, 0.717) is 32.7 Å². The molecule has 10 heteroatoms. The summed E-state index contributed by atoms with van der Waals surface area (Å²) in [6, 6.07) is 13.7. The van der Waals surface area contributed by atoms with E-state index in [1.54, 1.807) is 72.1 Å². The zero-order valence-electron chi connectivity index (χ0n) is 18.5. The molecule has 6 nitrogen and oxygen atoms in total. The second kappa shape index (κ2) is 10.3. The van der Waals surface area contributed by atoms with E-state index in [0.717, 1.165) is 0 Å². The van der Waals surface area contributed by atoms with Crippen LogP contribution in [0.25, 0.3) is 0 Å². The number of aliphatic imine (C=N–C) groups is 2. The first kappa shape index (κ1) is 25.1. The largest absolute Gasteiger partial charge is 0.405 e. The lowest BCUT2D eigenvalue weighted by atomic mass is 9.74. The molecule has 2 aromatic rings. The molecule has 2 unspecified atom stereocenters. The van der Waals surface area contributed by atoms with Crippen LogP contribution in [-0.4, -0.2) is 58.8 Å². The molecule has 178 valence electrons. The Morgan fingerprint density at radius 3 is 1.38 bits per heavy atom. The molecule has 2 aliphatic heterocycles. The van der Waals surface area contributed by atoms with Crippen molar-refractivity contribution in [3.05, 3.63) is 69.7 Å². The minimum Gasteiger partial charge on any atom is -0.405 e. The van der Waals surface area contributed by atoms with E-state index in [2.05, 4.69) is 0 Å². The predicted octanol–water partition coefficient (Wildman–Crippen LogP) is 5.28. The van der Waals surface area contributed by atoms with Gasteiger partial charge >= 0.3 is 11.9 Å². The quantitative estimate of drug-likeness (QED) is 0.405. The lowest BCUT2D eigenvalue weighted by molar-refractivity contribution is -0.151. The summed E-state index contributed by atoms with van der Waals surface area (Å²) in [6.07, 6.45) is 4.40. The summed E-state index contributed by atoms with van der Waals surface area (Å²) >= 11 is 15.1. The first-order valence-corrected chi connectivity index (χ1v) is 14.0. The standard InChI is InChI=1S/C24H22Cl2N2O4S2/c1-33-13-11-23(21(29)31-19(27-23)15-3-7-17(25)8-4-15)24(12-14-34-2)22(30)32-20(28-24)16-5-9-18(26)10-6-16/h3-10H,11-14H2,1-2H3. The van der Waals surface area contributed by atoms with Crippen LogP contribution in [0.2, 0.25) is 10.0 Å². The van der Waals surface area contributed by atoms with Crippen LogP contribution in [0.1, 0.15) is 24.0 Å². The fraction of sp³-hybridized carbons (Fsp3) is 0.333. The number of carbonyl (C=O) groups is 2. The predicted molar refractivity (Wildman–Crippen MR) is 140 cm³/mol. The molecule has 2 heterocycles. The van der Waals surface area contributed by atoms with E-state index in [9.17, 15) is 9.59 Å². The van der Waals surface area contributed by atoms with Crippen molar-refractivity contribution in [2.45, 2.75) is 23.9 Å². The summed E-state index contributed by atoms with van der Waals surface area (Å²) in [5.41, 5.74) is -1.91. The third-order valence-corrected chi connectivity index (χ3v) is 7.57. The van der Waals surface area contributed by atoms with Crippen LogP contribution in [0.3, 0.4) is 0 Å². The van der Waals surface area contributed by atoms with Gasteiger partial charge in [-0.2, -0.15) is 23.5 Å². The van der Waals surface area contributed by atoms with Gasteiger partial charge in [-0.25, -0.2) is 19.6 Å². The highest BCUT2D eigenvalue weighted by Gasteiger charge is 2.68. The first-order chi connectivity index (χ1) is 16.3. The number of benzene rings is 2. The van der Waals surface area contributed by atoms with Gasteiger partial charge in [-0.15, -0.1) is 0 Å². The maximum absolute atomic E-state index is 13.6. The van der Waals surface area contributed by atoms with Crippen LogP contribution in [0.5, 0.6) is 0 Å². The Labute approximate surface area is 216 Å². The average molecular weight is 537 g/mol. The summed E-state index contributed by atoms with van der Waals surface area (Å²) in [5.74, 6) is 0.235. The average Bonchev–Trinajstić information content (AvgIpc) is 3.35. The summed E-state index contributed by atoms with van der Waals surface area (Å²) in [4.78, 5) is 36.7. The number of rotatable bonds is 9. The van der Waals surface area contributed by atoms with Gasteiger partial charge < -0.3 is 9.47 Å². The fourth-order valence-electron chi connectivity index (χ4n) is 4.01. The number of halogens is 2. The Balaban J connectivity index is 1.87. The van der Waals surface area contributed by atoms with Crippen LogP contribution in [0, 0.1) is 0 Å². The maximum atomic E-state index is 13.6. The van der Waals surface area contributed by atoms with Gasteiger partial charge in [0, 0.05) is 21.2 Å². The first-order valence-electron chi connectivity index (χ1n) is 10.5. The Morgan fingerprint density at radius 2 is 1.06 bits per heavy atom. The van der Waals surface area contributed by atoms with Crippen molar-refractivity contribution in [1.29, 1.82) is 0 Å². The van der Waals surface area contributed by atoms with Gasteiger partial charge in [-0.05, 0) is 85.4 Å². The Bertz CT molecular complexity index is 1060. The van der Waals surface area contributed by atoms with E-state index in [4.69, 9.17) is 42.7 Å². The zero-order valence-corrected chi connectivity index (χ0v) is 21.7. The van der Waals surface area contributed by atoms with Gasteiger partial charge in [-0.3, -0.25) is 0 Å². The van der Waals surface area contributed by atoms with Gasteiger partial charge in [0.2, 0.25) is 11.8 Å². The number of hydrogen-bond acceptors (Lipinski definition) is 8. The number of esters is 2. The maximum Gasteiger partial charge on any atom is 0.344 e. The Kier molecular flexibility index (Phi) is 7.62. The SMILES string of the molecule is CSCCC1(C2(CCSC)N=C(c3ccc(Cl)cc3)OC2=O)N=C(c2ccc(Cl)cc2)OC1=O. The minimum atomic E-state index is -1.55. The fourth-order valence-corrected chi connectivity index (χ4v) is 5.26. The molecule has 4 rings (SSSR count). The van der Waals surface area contributed by atoms with E-state index >= 15 is 0 Å². The third kappa shape index (κ3) is 4.49. The molecule has 0 radical (unpaired) electrons. The van der Waals surface area contributed by atoms with Crippen LogP contribution in [-0.2, 0) is 19.1 Å². The van der Waals surface area contributed by atoms with Crippen molar-refractivity contribution in [1.82, 2.24) is 0 Å². The highest BCUT2D eigenvalue weighted by atomic mass is 35.5. The molecule has 0 saturated carbocycles. The van der Waals surface area contributed by atoms with E-state index in [-0.39, 0.29) is 24.6 Å². The molecule has 0 amide bonds. The molecule has 2 atom stereocenters. The van der Waals surface area contributed by atoms with Gasteiger partial charge in [0.15, 0.2) is 11.1 Å². The summed E-state index contributed by atoms with van der Waals surface area (Å²) < 4.78 is 11.4. The van der Waals surface area contributed by atoms with Crippen LogP contribution in [0.15, 0.2) is 58.5 Å². The molecular formula is C24H22Cl2N2O4S2. The van der Waals surface area contributed by atoms with Crippen molar-refractivity contribution in [2.24, 2.45) is 9.98 Å². The van der Waals surface area contributed by atoms with Crippen molar-refractivity contribution in [3.63, 3.8) is 0 Å². The van der Waals surface area contributed by atoms with E-state index in [1.807, 2.05) is 12.5 Å². The van der Waals surface area contributed by atoms with Gasteiger partial charge in [0.05, 0.1) is 0 Å². The second-order valence-corrected chi connectivity index (χ2v) is 10.7. The number of carbonyl (C=O) groups excluding carboxylic acids is 2. The second-order valence-electron chi connectivity index (χ2n) is 7.83. The van der Waals surface area contributed by atoms with Gasteiger partial charge in [-0.1, -0.05) is 23.2 Å². The molecule has 34 heavy (non-hydrogen) atoms. The number of thioether (sulfide) groups is 2. The number of cyclic esters (lactones) is 2. The molecule has 0 saturated heterocycles. The van der Waals surface area contributed by atoms with Crippen molar-refractivity contribution >= 4 is 70.5 Å². The number of hydrogen-bond donors (Lipinski definition) is 0. The summed E-state index contributed by atoms with van der Waals surface area (Å²) in [7, 11) is 0. The van der Waals surface area contributed by atoms with E-state index in [1.165, 1.54) is 0 Å². The van der Waals surface area contributed by atoms with Crippen LogP contribution in [0.4, 0.5) is 0 Å². The number of nitrogens with zero attached hydrogens (tertiary/aromatic N) is 2. The van der Waals surface area contributed by atoms with Crippen LogP contribution >= 0.6 is 46.7 Å². The summed E-state index contributed by atoms with van der Waals surface area (Å²) in [5, 5.41) is 1.10. The summed E-state index contributed by atoms with van der Waals surface area (Å²) in [6.45, 7) is 0. The van der Waals surface area contributed by atoms with Crippen molar-refractivity contribution < 1.29 is 19.1 Å². The highest BCUT2D eigenvalue weighted by Crippen LogP contribution is 2.46. The molecule has 2 aromatic carbocycles. The Hall–Kier alpha value is -2.00. The number of ether oxygens (including phenoxy) is 2. The molecular weight excluding hydrogens is 515 g/mol. The molecule has 0 fully saturated rings. The molecule has 0 spiro atoms.